The Kier molecular flexibility index (Phi) is 2.60. The van der Waals surface area contributed by atoms with Crippen LogP contribution in [0.2, 0.25) is 0 Å². The molecular formula is C11H15N3O. The van der Waals surface area contributed by atoms with Gasteiger partial charge in [0.1, 0.15) is 11.5 Å². The van der Waals surface area contributed by atoms with Crippen molar-refractivity contribution in [2.45, 2.75) is 13.3 Å². The molecule has 0 aromatic carbocycles. The van der Waals surface area contributed by atoms with Gasteiger partial charge >= 0.3 is 0 Å². The van der Waals surface area contributed by atoms with Crippen LogP contribution in [0.4, 0.5) is 0 Å². The molecule has 0 saturated carbocycles. The molecule has 0 amide bonds. The second-order valence-electron chi connectivity index (χ2n) is 3.60. The van der Waals surface area contributed by atoms with Crippen LogP contribution in [0.15, 0.2) is 22.9 Å². The minimum absolute atomic E-state index is 0.617. The summed E-state index contributed by atoms with van der Waals surface area (Å²) in [5, 5.41) is 0. The van der Waals surface area contributed by atoms with Crippen LogP contribution in [0.3, 0.4) is 0 Å². The molecule has 4 heteroatoms. The average Bonchev–Trinajstić information content (AvgIpc) is 2.76. The molecule has 0 aliphatic heterocycles. The molecule has 4 nitrogen and oxygen atoms in total. The zero-order chi connectivity index (χ0) is 10.8. The highest BCUT2D eigenvalue weighted by Crippen LogP contribution is 2.23. The number of nitrogens with zero attached hydrogens (tertiary/aromatic N) is 2. The number of aryl methyl sites for hydroxylation is 2. The van der Waals surface area contributed by atoms with Gasteiger partial charge in [-0.2, -0.15) is 0 Å². The lowest BCUT2D eigenvalue weighted by molar-refractivity contribution is 0.546. The molecule has 2 aromatic heterocycles. The van der Waals surface area contributed by atoms with Gasteiger partial charge in [0.05, 0.1) is 6.33 Å². The molecule has 2 rings (SSSR count). The van der Waals surface area contributed by atoms with Crippen LogP contribution in [-0.4, -0.2) is 16.1 Å². The van der Waals surface area contributed by atoms with Crippen molar-refractivity contribution in [3.05, 3.63) is 29.9 Å². The highest BCUT2D eigenvalue weighted by molar-refractivity contribution is 5.55. The topological polar surface area (TPSA) is 57.0 Å². The van der Waals surface area contributed by atoms with Crippen molar-refractivity contribution in [1.82, 2.24) is 9.55 Å². The van der Waals surface area contributed by atoms with Crippen molar-refractivity contribution >= 4 is 0 Å². The van der Waals surface area contributed by atoms with Crippen LogP contribution in [0, 0.1) is 6.92 Å². The van der Waals surface area contributed by atoms with Gasteiger partial charge in [-0.1, -0.05) is 0 Å². The molecule has 15 heavy (non-hydrogen) atoms. The van der Waals surface area contributed by atoms with Crippen molar-refractivity contribution in [1.29, 1.82) is 0 Å². The first-order valence-electron chi connectivity index (χ1n) is 4.99. The molecule has 0 unspecified atom stereocenters. The number of hydrogen-bond donors (Lipinski definition) is 1. The van der Waals surface area contributed by atoms with E-state index < -0.39 is 0 Å². The Morgan fingerprint density at radius 1 is 1.47 bits per heavy atom. The molecule has 0 fully saturated rings. The number of hydrogen-bond acceptors (Lipinski definition) is 3. The molecule has 2 aromatic rings. The normalized spacial score (nSPS) is 10.9. The Morgan fingerprint density at radius 2 is 2.27 bits per heavy atom. The van der Waals surface area contributed by atoms with Crippen LogP contribution in [-0.2, 0) is 13.5 Å². The quantitative estimate of drug-likeness (QED) is 0.825. The van der Waals surface area contributed by atoms with Gasteiger partial charge in [-0.25, -0.2) is 4.98 Å². The van der Waals surface area contributed by atoms with Gasteiger partial charge in [-0.05, 0) is 25.6 Å². The maximum absolute atomic E-state index is 5.57. The van der Waals surface area contributed by atoms with E-state index in [0.29, 0.717) is 6.54 Å². The highest BCUT2D eigenvalue weighted by atomic mass is 16.3. The fraction of sp³-hybridized carbons (Fsp3) is 0.364. The van der Waals surface area contributed by atoms with E-state index >= 15 is 0 Å². The maximum Gasteiger partial charge on any atom is 0.154 e. The van der Waals surface area contributed by atoms with Gasteiger partial charge in [0, 0.05) is 19.2 Å². The Labute approximate surface area is 88.7 Å². The van der Waals surface area contributed by atoms with Gasteiger partial charge in [-0.15, -0.1) is 0 Å². The summed E-state index contributed by atoms with van der Waals surface area (Å²) in [5.41, 5.74) is 7.59. The largest absolute Gasteiger partial charge is 0.460 e. The molecule has 0 aliphatic rings. The van der Waals surface area contributed by atoms with E-state index in [4.69, 9.17) is 10.2 Å². The second kappa shape index (κ2) is 3.90. The summed E-state index contributed by atoms with van der Waals surface area (Å²) in [6, 6.07) is 3.88. The van der Waals surface area contributed by atoms with Crippen LogP contribution in [0.25, 0.3) is 11.5 Å². The summed E-state index contributed by atoms with van der Waals surface area (Å²) >= 11 is 0. The fourth-order valence-electron chi connectivity index (χ4n) is 1.65. The molecule has 2 N–H and O–H groups in total. The fourth-order valence-corrected chi connectivity index (χ4v) is 1.65. The molecule has 0 atom stereocenters. The van der Waals surface area contributed by atoms with Gasteiger partial charge in [0.2, 0.25) is 0 Å². The molecule has 0 radical (unpaired) electrons. The summed E-state index contributed by atoms with van der Waals surface area (Å²) in [5.74, 6) is 1.71. The van der Waals surface area contributed by atoms with Crippen LogP contribution >= 0.6 is 0 Å². The molecule has 80 valence electrons. The lowest BCUT2D eigenvalue weighted by Gasteiger charge is -2.02. The summed E-state index contributed by atoms with van der Waals surface area (Å²) in [4.78, 5) is 4.33. The van der Waals surface area contributed by atoms with Crippen molar-refractivity contribution in [2.75, 3.05) is 6.54 Å². The monoisotopic (exact) mass is 205 g/mol. The Bertz CT molecular complexity index is 456. The SMILES string of the molecule is Cc1ccc(-c2ncn(C)c2CCN)o1. The summed E-state index contributed by atoms with van der Waals surface area (Å²) in [6.45, 7) is 2.54. The van der Waals surface area contributed by atoms with E-state index in [2.05, 4.69) is 4.98 Å². The van der Waals surface area contributed by atoms with E-state index in [9.17, 15) is 0 Å². The second-order valence-corrected chi connectivity index (χ2v) is 3.60. The molecule has 0 spiro atoms. The summed E-state index contributed by atoms with van der Waals surface area (Å²) in [7, 11) is 1.97. The molecule has 2 heterocycles. The molecule has 0 aliphatic carbocycles. The third-order valence-electron chi connectivity index (χ3n) is 2.41. The van der Waals surface area contributed by atoms with Crippen LogP contribution < -0.4 is 5.73 Å². The van der Waals surface area contributed by atoms with Gasteiger partial charge in [0.25, 0.3) is 0 Å². The maximum atomic E-state index is 5.57. The van der Waals surface area contributed by atoms with Crippen molar-refractivity contribution < 1.29 is 4.42 Å². The van der Waals surface area contributed by atoms with Crippen molar-refractivity contribution in [3.63, 3.8) is 0 Å². The minimum atomic E-state index is 0.617. The number of imidazole rings is 1. The number of rotatable bonds is 3. The van der Waals surface area contributed by atoms with Gasteiger partial charge < -0.3 is 14.7 Å². The lowest BCUT2D eigenvalue weighted by atomic mass is 10.2. The third kappa shape index (κ3) is 1.80. The van der Waals surface area contributed by atoms with E-state index in [-0.39, 0.29) is 0 Å². The van der Waals surface area contributed by atoms with Crippen molar-refractivity contribution in [3.8, 4) is 11.5 Å². The van der Waals surface area contributed by atoms with E-state index in [1.807, 2.05) is 30.7 Å². The standard InChI is InChI=1S/C11H15N3O/c1-8-3-4-10(15-8)11-9(5-6-12)14(2)7-13-11/h3-4,7H,5-6,12H2,1-2H3. The van der Waals surface area contributed by atoms with E-state index in [1.165, 1.54) is 0 Å². The van der Waals surface area contributed by atoms with Crippen LogP contribution in [0.5, 0.6) is 0 Å². The minimum Gasteiger partial charge on any atom is -0.460 e. The number of furan rings is 1. The zero-order valence-electron chi connectivity index (χ0n) is 9.03. The average molecular weight is 205 g/mol. The Balaban J connectivity index is 2.43. The van der Waals surface area contributed by atoms with Crippen LogP contribution in [0.1, 0.15) is 11.5 Å². The van der Waals surface area contributed by atoms with E-state index in [1.54, 1.807) is 6.33 Å². The first-order valence-corrected chi connectivity index (χ1v) is 4.99. The summed E-state index contributed by atoms with van der Waals surface area (Å²) < 4.78 is 7.54. The lowest BCUT2D eigenvalue weighted by Crippen LogP contribution is -2.07. The third-order valence-corrected chi connectivity index (χ3v) is 2.41. The zero-order valence-corrected chi connectivity index (χ0v) is 9.03. The Hall–Kier alpha value is -1.55. The molecule has 0 saturated heterocycles. The number of aromatic nitrogens is 2. The molecule has 0 bridgehead atoms. The summed E-state index contributed by atoms with van der Waals surface area (Å²) in [6.07, 6.45) is 2.60. The van der Waals surface area contributed by atoms with Crippen molar-refractivity contribution in [2.24, 2.45) is 12.8 Å². The van der Waals surface area contributed by atoms with E-state index in [0.717, 1.165) is 29.3 Å². The number of nitrogens with two attached hydrogens (primary N) is 1. The highest BCUT2D eigenvalue weighted by Gasteiger charge is 2.12. The van der Waals surface area contributed by atoms with Gasteiger partial charge in [-0.3, -0.25) is 0 Å². The Morgan fingerprint density at radius 3 is 2.87 bits per heavy atom. The first-order chi connectivity index (χ1) is 7.22. The van der Waals surface area contributed by atoms with Gasteiger partial charge in [0.15, 0.2) is 5.76 Å². The predicted octanol–water partition coefficient (Wildman–Crippen LogP) is 1.49. The predicted molar refractivity (Wildman–Crippen MR) is 58.4 cm³/mol. The molecular weight excluding hydrogens is 190 g/mol. The smallest absolute Gasteiger partial charge is 0.154 e. The first kappa shape index (κ1) is 9.98.